The van der Waals surface area contributed by atoms with Crippen LogP contribution >= 0.6 is 0 Å². The maximum absolute atomic E-state index is 4.47. The molecule has 0 spiro atoms. The van der Waals surface area contributed by atoms with Gasteiger partial charge in [0.2, 0.25) is 5.95 Å². The first-order valence-corrected chi connectivity index (χ1v) is 8.73. The second-order valence-corrected chi connectivity index (χ2v) is 6.90. The third-order valence-electron chi connectivity index (χ3n) is 4.52. The zero-order valence-corrected chi connectivity index (χ0v) is 15.0. The molecule has 0 amide bonds. The Labute approximate surface area is 141 Å². The maximum atomic E-state index is 4.47. The lowest BCUT2D eigenvalue weighted by Gasteiger charge is -2.29. The monoisotopic (exact) mass is 314 g/mol. The highest BCUT2D eigenvalue weighted by molar-refractivity contribution is 5.28. The van der Waals surface area contributed by atoms with Crippen molar-refractivity contribution in [2.75, 3.05) is 39.1 Å². The second kappa shape index (κ2) is 8.88. The third kappa shape index (κ3) is 5.84. The maximum Gasteiger partial charge on any atom is 0.224 e. The van der Waals surface area contributed by atoms with Gasteiger partial charge in [0, 0.05) is 31.9 Å². The van der Waals surface area contributed by atoms with E-state index in [2.05, 4.69) is 59.7 Å². The second-order valence-electron chi connectivity index (χ2n) is 6.90. The van der Waals surface area contributed by atoms with Crippen molar-refractivity contribution >= 4 is 5.95 Å². The molecule has 0 bridgehead atoms. The van der Waals surface area contributed by atoms with E-state index in [0.29, 0.717) is 5.92 Å². The molecule has 2 rings (SSSR count). The molecule has 0 aromatic carbocycles. The van der Waals surface area contributed by atoms with Crippen LogP contribution in [-0.2, 0) is 6.42 Å². The summed E-state index contributed by atoms with van der Waals surface area (Å²) in [4.78, 5) is 13.3. The van der Waals surface area contributed by atoms with Gasteiger partial charge in [0.15, 0.2) is 0 Å². The smallest absolute Gasteiger partial charge is 0.224 e. The molecule has 23 heavy (non-hydrogen) atoms. The average molecular weight is 314 g/mol. The van der Waals surface area contributed by atoms with Crippen molar-refractivity contribution in [2.24, 2.45) is 11.8 Å². The molecule has 1 aliphatic rings. The summed E-state index contributed by atoms with van der Waals surface area (Å²) in [6.45, 7) is 4.04. The fourth-order valence-corrected chi connectivity index (χ4v) is 3.03. The number of hydrogen-bond acceptors (Lipinski definition) is 4. The Hall–Kier alpha value is -1.60. The van der Waals surface area contributed by atoms with Crippen LogP contribution in [0.3, 0.4) is 0 Å². The van der Waals surface area contributed by atoms with Crippen LogP contribution in [0.4, 0.5) is 5.95 Å². The molecule has 0 radical (unpaired) electrons. The van der Waals surface area contributed by atoms with Crippen LogP contribution in [0.15, 0.2) is 12.4 Å². The first-order valence-electron chi connectivity index (χ1n) is 8.73. The summed E-state index contributed by atoms with van der Waals surface area (Å²) >= 11 is 0. The Morgan fingerprint density at radius 1 is 1.09 bits per heavy atom. The van der Waals surface area contributed by atoms with Gasteiger partial charge in [-0.1, -0.05) is 18.8 Å². The number of hydrogen-bond donors (Lipinski definition) is 0. The van der Waals surface area contributed by atoms with Gasteiger partial charge in [-0.15, -0.1) is 0 Å². The van der Waals surface area contributed by atoms with Gasteiger partial charge in [0.1, 0.15) is 0 Å². The molecule has 1 aliphatic carbocycles. The van der Waals surface area contributed by atoms with Gasteiger partial charge in [-0.05, 0) is 57.7 Å². The summed E-state index contributed by atoms with van der Waals surface area (Å²) in [5.74, 6) is 8.91. The molecular formula is C19H30N4. The van der Waals surface area contributed by atoms with E-state index in [4.69, 9.17) is 0 Å². The molecule has 126 valence electrons. The van der Waals surface area contributed by atoms with Gasteiger partial charge in [0.25, 0.3) is 0 Å². The third-order valence-corrected chi connectivity index (χ3v) is 4.52. The minimum atomic E-state index is 0.594. The molecule has 0 saturated heterocycles. The van der Waals surface area contributed by atoms with Crippen molar-refractivity contribution in [1.82, 2.24) is 14.9 Å². The molecule has 0 N–H and O–H groups in total. The van der Waals surface area contributed by atoms with Crippen LogP contribution in [0.25, 0.3) is 0 Å². The molecule has 0 aliphatic heterocycles. The first kappa shape index (κ1) is 17.7. The van der Waals surface area contributed by atoms with Crippen molar-refractivity contribution in [3.8, 4) is 11.8 Å². The molecule has 0 atom stereocenters. The Morgan fingerprint density at radius 3 is 2.30 bits per heavy atom. The van der Waals surface area contributed by atoms with Crippen molar-refractivity contribution in [3.63, 3.8) is 0 Å². The molecule has 1 fully saturated rings. The fraction of sp³-hybridized carbons (Fsp3) is 0.684. The van der Waals surface area contributed by atoms with E-state index in [9.17, 15) is 0 Å². The van der Waals surface area contributed by atoms with Crippen molar-refractivity contribution < 1.29 is 0 Å². The summed E-state index contributed by atoms with van der Waals surface area (Å²) < 4.78 is 0. The molecule has 1 aromatic rings. The molecule has 1 saturated carbocycles. The molecule has 4 nitrogen and oxygen atoms in total. The lowest BCUT2D eigenvalue weighted by molar-refractivity contribution is 0.319. The minimum Gasteiger partial charge on any atom is -0.344 e. The van der Waals surface area contributed by atoms with Gasteiger partial charge < -0.3 is 4.90 Å². The zero-order chi connectivity index (χ0) is 16.7. The van der Waals surface area contributed by atoms with Crippen LogP contribution in [0.1, 0.15) is 38.2 Å². The topological polar surface area (TPSA) is 32.3 Å². The summed E-state index contributed by atoms with van der Waals surface area (Å²) in [5.41, 5.74) is 1.19. The SMILES string of the molecule is CCc1cnc(N(C)C[C@H]2CC[C@H](C#CCN(C)C)CC2)nc1. The van der Waals surface area contributed by atoms with Gasteiger partial charge in [-0.25, -0.2) is 9.97 Å². The van der Waals surface area contributed by atoms with Crippen molar-refractivity contribution in [2.45, 2.75) is 39.0 Å². The summed E-state index contributed by atoms with van der Waals surface area (Å²) in [5, 5.41) is 0. The Balaban J connectivity index is 1.77. The highest BCUT2D eigenvalue weighted by Gasteiger charge is 2.21. The van der Waals surface area contributed by atoms with Crippen LogP contribution in [0, 0.1) is 23.7 Å². The zero-order valence-electron chi connectivity index (χ0n) is 15.0. The van der Waals surface area contributed by atoms with E-state index in [1.807, 2.05) is 12.4 Å². The molecule has 1 heterocycles. The molecule has 0 unspecified atom stereocenters. The van der Waals surface area contributed by atoms with E-state index in [0.717, 1.165) is 31.4 Å². The summed E-state index contributed by atoms with van der Waals surface area (Å²) in [7, 11) is 6.23. The lowest BCUT2D eigenvalue weighted by atomic mass is 9.82. The van der Waals surface area contributed by atoms with E-state index in [1.165, 1.54) is 31.2 Å². The van der Waals surface area contributed by atoms with Crippen molar-refractivity contribution in [1.29, 1.82) is 0 Å². The highest BCUT2D eigenvalue weighted by Crippen LogP contribution is 2.29. The standard InChI is InChI=1S/C19H30N4/c1-5-16-13-20-19(21-14-16)23(4)15-18-10-8-17(9-11-18)7-6-12-22(2)3/h13-14,17-18H,5,8-12,15H2,1-4H3/t17-,18-. The van der Waals surface area contributed by atoms with E-state index in [-0.39, 0.29) is 0 Å². The molecule has 1 aromatic heterocycles. The Morgan fingerprint density at radius 2 is 1.74 bits per heavy atom. The Kier molecular flexibility index (Phi) is 6.85. The van der Waals surface area contributed by atoms with Gasteiger partial charge in [0.05, 0.1) is 6.54 Å². The summed E-state index contributed by atoms with van der Waals surface area (Å²) in [6.07, 6.45) is 9.86. The van der Waals surface area contributed by atoms with Crippen LogP contribution in [0.5, 0.6) is 0 Å². The number of aryl methyl sites for hydroxylation is 1. The van der Waals surface area contributed by atoms with E-state index in [1.54, 1.807) is 0 Å². The minimum absolute atomic E-state index is 0.594. The van der Waals surface area contributed by atoms with Crippen LogP contribution in [-0.4, -0.2) is 49.1 Å². The van der Waals surface area contributed by atoms with Gasteiger partial charge >= 0.3 is 0 Å². The summed E-state index contributed by atoms with van der Waals surface area (Å²) in [6, 6.07) is 0. The normalized spacial score (nSPS) is 20.9. The van der Waals surface area contributed by atoms with Gasteiger partial charge in [-0.2, -0.15) is 0 Å². The molecular weight excluding hydrogens is 284 g/mol. The quantitative estimate of drug-likeness (QED) is 0.782. The van der Waals surface area contributed by atoms with Gasteiger partial charge in [-0.3, -0.25) is 4.90 Å². The first-order chi connectivity index (χ1) is 11.1. The molecule has 4 heteroatoms. The number of aromatic nitrogens is 2. The van der Waals surface area contributed by atoms with Crippen LogP contribution in [0.2, 0.25) is 0 Å². The van der Waals surface area contributed by atoms with E-state index >= 15 is 0 Å². The largest absolute Gasteiger partial charge is 0.344 e. The fourth-order valence-electron chi connectivity index (χ4n) is 3.03. The number of nitrogens with zero attached hydrogens (tertiary/aromatic N) is 4. The Bertz CT molecular complexity index is 519. The average Bonchev–Trinajstić information content (AvgIpc) is 2.56. The van der Waals surface area contributed by atoms with Crippen molar-refractivity contribution in [3.05, 3.63) is 18.0 Å². The lowest BCUT2D eigenvalue weighted by Crippen LogP contribution is -2.29. The van der Waals surface area contributed by atoms with E-state index < -0.39 is 0 Å². The number of anilines is 1. The predicted octanol–water partition coefficient (Wildman–Crippen LogP) is 2.85. The predicted molar refractivity (Wildman–Crippen MR) is 96.5 cm³/mol. The highest BCUT2D eigenvalue weighted by atomic mass is 15.2. The number of rotatable bonds is 5. The van der Waals surface area contributed by atoms with Crippen LogP contribution < -0.4 is 4.90 Å².